The second-order valence-electron chi connectivity index (χ2n) is 9.19. The molecule has 0 heterocycles. The Hall–Kier alpha value is -3.31. The van der Waals surface area contributed by atoms with E-state index in [1.54, 1.807) is 24.3 Å². The predicted molar refractivity (Wildman–Crippen MR) is 139 cm³/mol. The minimum absolute atomic E-state index is 0.109. The molecule has 1 aromatic rings. The largest absolute Gasteiger partial charge is 0.394 e. The first-order chi connectivity index (χ1) is 17.6. The molecule has 1 aromatic carbocycles. The lowest BCUT2D eigenvalue weighted by molar-refractivity contribution is -0.129. The number of amides is 4. The average molecular weight is 520 g/mol. The van der Waals surface area contributed by atoms with Crippen LogP contribution >= 0.6 is 0 Å². The summed E-state index contributed by atoms with van der Waals surface area (Å²) in [7, 11) is 0. The van der Waals surface area contributed by atoms with Gasteiger partial charge >= 0.3 is 0 Å². The molecule has 3 unspecified atom stereocenters. The maximum absolute atomic E-state index is 12.9. The molecule has 37 heavy (non-hydrogen) atoms. The molecular formula is C26H41N5O6. The normalized spacial score (nSPS) is 13.3. The number of primary amides is 2. The van der Waals surface area contributed by atoms with E-state index in [2.05, 4.69) is 10.6 Å². The number of nitrogens with one attached hydrogen (secondary N) is 2. The molecule has 4 amide bonds. The Balaban J connectivity index is 2.52. The molecule has 0 bridgehead atoms. The van der Waals surface area contributed by atoms with Crippen molar-refractivity contribution in [2.75, 3.05) is 13.2 Å². The third-order valence-electron chi connectivity index (χ3n) is 6.12. The number of Topliss-reactive ketones (excluding diaryl/α,β-unsaturated/α-hetero) is 1. The average Bonchev–Trinajstić information content (AvgIpc) is 2.85. The lowest BCUT2D eigenvalue weighted by atomic mass is 9.97. The number of rotatable bonds is 19. The summed E-state index contributed by atoms with van der Waals surface area (Å²) in [4.78, 5) is 59.4. The fourth-order valence-corrected chi connectivity index (χ4v) is 3.78. The van der Waals surface area contributed by atoms with Gasteiger partial charge in [0.25, 0.3) is 0 Å². The van der Waals surface area contributed by atoms with Crippen molar-refractivity contribution < 1.29 is 29.1 Å². The number of benzene rings is 1. The van der Waals surface area contributed by atoms with Gasteiger partial charge < -0.3 is 32.9 Å². The summed E-state index contributed by atoms with van der Waals surface area (Å²) in [5.74, 6) is -2.06. The first kappa shape index (κ1) is 31.7. The molecule has 0 saturated heterocycles. The standard InChI is InChI=1S/C26H41N5O6/c1-2-19(25(29)36)11-12-24(35)30-13-5-3-4-6-22(33)21(31-26(37)20(27)16-32)14-17-7-9-18(10-8-17)15-23(28)34/h7-10,19-21,32H,2-6,11-16,27H2,1H3,(H2,28,34)(H2,29,36)(H,30,35)(H,31,37). The van der Waals surface area contributed by atoms with Crippen molar-refractivity contribution in [3.8, 4) is 0 Å². The second-order valence-corrected chi connectivity index (χ2v) is 9.19. The van der Waals surface area contributed by atoms with Crippen molar-refractivity contribution in [2.24, 2.45) is 23.1 Å². The van der Waals surface area contributed by atoms with E-state index in [4.69, 9.17) is 22.3 Å². The maximum atomic E-state index is 12.9. The fraction of sp³-hybridized carbons (Fsp3) is 0.577. The zero-order valence-corrected chi connectivity index (χ0v) is 21.5. The predicted octanol–water partition coefficient (Wildman–Crippen LogP) is -0.401. The van der Waals surface area contributed by atoms with E-state index in [0.717, 1.165) is 11.1 Å². The first-order valence-electron chi connectivity index (χ1n) is 12.7. The molecule has 0 aliphatic rings. The Morgan fingerprint density at radius 2 is 1.59 bits per heavy atom. The number of aliphatic hydroxyl groups excluding tert-OH is 1. The number of unbranched alkanes of at least 4 members (excludes halogenated alkanes) is 2. The highest BCUT2D eigenvalue weighted by Gasteiger charge is 2.23. The van der Waals surface area contributed by atoms with Crippen LogP contribution in [0.2, 0.25) is 0 Å². The highest BCUT2D eigenvalue weighted by Crippen LogP contribution is 2.12. The Morgan fingerprint density at radius 3 is 2.16 bits per heavy atom. The maximum Gasteiger partial charge on any atom is 0.239 e. The van der Waals surface area contributed by atoms with Gasteiger partial charge in [-0.1, -0.05) is 37.6 Å². The van der Waals surface area contributed by atoms with Gasteiger partial charge in [0.1, 0.15) is 6.04 Å². The summed E-state index contributed by atoms with van der Waals surface area (Å²) in [6.07, 6.45) is 3.79. The van der Waals surface area contributed by atoms with E-state index >= 15 is 0 Å². The number of nitrogens with two attached hydrogens (primary N) is 3. The molecule has 206 valence electrons. The van der Waals surface area contributed by atoms with Crippen LogP contribution in [0, 0.1) is 5.92 Å². The van der Waals surface area contributed by atoms with Crippen LogP contribution in [-0.4, -0.2) is 59.8 Å². The molecule has 0 radical (unpaired) electrons. The van der Waals surface area contributed by atoms with E-state index in [-0.39, 0.29) is 43.3 Å². The van der Waals surface area contributed by atoms with Crippen molar-refractivity contribution in [3.05, 3.63) is 35.4 Å². The minimum Gasteiger partial charge on any atom is -0.394 e. The molecule has 3 atom stereocenters. The quantitative estimate of drug-likeness (QED) is 0.133. The van der Waals surface area contributed by atoms with Crippen LogP contribution in [0.5, 0.6) is 0 Å². The summed E-state index contributed by atoms with van der Waals surface area (Å²) in [5.41, 5.74) is 17.6. The summed E-state index contributed by atoms with van der Waals surface area (Å²) >= 11 is 0. The minimum atomic E-state index is -1.13. The smallest absolute Gasteiger partial charge is 0.239 e. The molecular weight excluding hydrogens is 478 g/mol. The zero-order valence-electron chi connectivity index (χ0n) is 21.5. The van der Waals surface area contributed by atoms with E-state index in [1.807, 2.05) is 6.92 Å². The third kappa shape index (κ3) is 13.0. The SMILES string of the molecule is CCC(CCC(=O)NCCCCCC(=O)C(Cc1ccc(CC(N)=O)cc1)NC(=O)C(N)CO)C(N)=O. The Labute approximate surface area is 217 Å². The van der Waals surface area contributed by atoms with Crippen molar-refractivity contribution in [2.45, 2.75) is 76.8 Å². The van der Waals surface area contributed by atoms with E-state index in [9.17, 15) is 24.0 Å². The van der Waals surface area contributed by atoms with Crippen LogP contribution in [0.1, 0.15) is 63.0 Å². The molecule has 11 heteroatoms. The van der Waals surface area contributed by atoms with Crippen LogP contribution in [0.3, 0.4) is 0 Å². The number of aliphatic hydroxyl groups is 1. The highest BCUT2D eigenvalue weighted by molar-refractivity contribution is 5.91. The number of hydrogen-bond acceptors (Lipinski definition) is 7. The molecule has 11 nitrogen and oxygen atoms in total. The molecule has 1 rings (SSSR count). The van der Waals surface area contributed by atoms with Gasteiger partial charge in [-0.2, -0.15) is 0 Å². The van der Waals surface area contributed by atoms with Gasteiger partial charge in [-0.05, 0) is 43.2 Å². The summed E-state index contributed by atoms with van der Waals surface area (Å²) in [6.45, 7) is 1.78. The van der Waals surface area contributed by atoms with Gasteiger partial charge in [0.05, 0.1) is 19.1 Å². The molecule has 0 saturated carbocycles. The van der Waals surface area contributed by atoms with Crippen molar-refractivity contribution in [3.63, 3.8) is 0 Å². The number of hydrogen-bond donors (Lipinski definition) is 6. The zero-order chi connectivity index (χ0) is 27.8. The van der Waals surface area contributed by atoms with E-state index < -0.39 is 36.4 Å². The van der Waals surface area contributed by atoms with Crippen LogP contribution in [0.25, 0.3) is 0 Å². The summed E-state index contributed by atoms with van der Waals surface area (Å²) < 4.78 is 0. The van der Waals surface area contributed by atoms with Gasteiger partial charge in [0, 0.05) is 25.3 Å². The topological polar surface area (TPSA) is 208 Å². The summed E-state index contributed by atoms with van der Waals surface area (Å²) in [5, 5.41) is 14.6. The Bertz CT molecular complexity index is 905. The Morgan fingerprint density at radius 1 is 0.946 bits per heavy atom. The molecule has 0 spiro atoms. The lowest BCUT2D eigenvalue weighted by Gasteiger charge is -2.20. The van der Waals surface area contributed by atoms with E-state index in [0.29, 0.717) is 38.6 Å². The van der Waals surface area contributed by atoms with E-state index in [1.165, 1.54) is 0 Å². The first-order valence-corrected chi connectivity index (χ1v) is 12.7. The number of ketones is 1. The van der Waals surface area contributed by atoms with Gasteiger partial charge in [0.2, 0.25) is 23.6 Å². The van der Waals surface area contributed by atoms with Gasteiger partial charge in [0.15, 0.2) is 5.78 Å². The molecule has 0 aliphatic carbocycles. The number of carbonyl (C=O) groups excluding carboxylic acids is 5. The Kier molecular flexibility index (Phi) is 14.7. The van der Waals surface area contributed by atoms with Crippen LogP contribution < -0.4 is 27.8 Å². The van der Waals surface area contributed by atoms with Crippen LogP contribution in [0.4, 0.5) is 0 Å². The monoisotopic (exact) mass is 519 g/mol. The summed E-state index contributed by atoms with van der Waals surface area (Å²) in [6, 6.07) is 5.08. The number of carbonyl (C=O) groups is 5. The van der Waals surface area contributed by atoms with Crippen molar-refractivity contribution >= 4 is 29.4 Å². The highest BCUT2D eigenvalue weighted by atomic mass is 16.3. The fourth-order valence-electron chi connectivity index (χ4n) is 3.78. The third-order valence-corrected chi connectivity index (χ3v) is 6.12. The van der Waals surface area contributed by atoms with Gasteiger partial charge in [-0.25, -0.2) is 0 Å². The second kappa shape index (κ2) is 17.2. The molecule has 0 fully saturated rings. The van der Waals surface area contributed by atoms with Gasteiger partial charge in [-0.3, -0.25) is 24.0 Å². The molecule has 9 N–H and O–H groups in total. The van der Waals surface area contributed by atoms with Crippen LogP contribution in [0.15, 0.2) is 24.3 Å². The molecule has 0 aliphatic heterocycles. The lowest BCUT2D eigenvalue weighted by Crippen LogP contribution is -2.50. The van der Waals surface area contributed by atoms with Crippen molar-refractivity contribution in [1.29, 1.82) is 0 Å². The molecule has 0 aromatic heterocycles. The van der Waals surface area contributed by atoms with Crippen molar-refractivity contribution in [1.82, 2.24) is 10.6 Å². The van der Waals surface area contributed by atoms with Gasteiger partial charge in [-0.15, -0.1) is 0 Å². The van der Waals surface area contributed by atoms with Crippen LogP contribution in [-0.2, 0) is 36.8 Å².